The number of halogens is 2. The molecule has 5 nitrogen and oxygen atoms in total. The molecule has 0 bridgehead atoms. The molecule has 2 aromatic carbocycles. The highest BCUT2D eigenvalue weighted by Gasteiger charge is 2.18. The number of H-pyrrole nitrogens is 1. The van der Waals surface area contributed by atoms with Crippen LogP contribution in [0.3, 0.4) is 0 Å². The quantitative estimate of drug-likeness (QED) is 0.641. The van der Waals surface area contributed by atoms with Crippen molar-refractivity contribution in [2.75, 3.05) is 12.4 Å². The van der Waals surface area contributed by atoms with Gasteiger partial charge in [-0.1, -0.05) is 23.4 Å². The Morgan fingerprint density at radius 3 is 2.88 bits per heavy atom. The molecule has 0 fully saturated rings. The van der Waals surface area contributed by atoms with Crippen LogP contribution in [0.1, 0.15) is 6.92 Å². The van der Waals surface area contributed by atoms with E-state index in [2.05, 4.69) is 15.3 Å². The van der Waals surface area contributed by atoms with E-state index in [1.54, 1.807) is 14.0 Å². The summed E-state index contributed by atoms with van der Waals surface area (Å²) < 4.78 is 18.2. The van der Waals surface area contributed by atoms with Gasteiger partial charge in [-0.25, -0.2) is 9.37 Å². The SMILES string of the molecule is COc1ccc2nc(S[C@@H](C)C(=O)Nc3ccc(F)cc3Cl)[nH]c2c1. The van der Waals surface area contributed by atoms with Gasteiger partial charge in [0.2, 0.25) is 5.91 Å². The number of aromatic nitrogens is 2. The molecule has 0 saturated heterocycles. The van der Waals surface area contributed by atoms with Gasteiger partial charge >= 0.3 is 0 Å². The number of amides is 1. The van der Waals surface area contributed by atoms with Gasteiger partial charge in [0.25, 0.3) is 0 Å². The van der Waals surface area contributed by atoms with E-state index in [0.29, 0.717) is 10.8 Å². The maximum absolute atomic E-state index is 13.1. The second-order valence-electron chi connectivity index (χ2n) is 5.30. The summed E-state index contributed by atoms with van der Waals surface area (Å²) in [6.07, 6.45) is 0. The maximum atomic E-state index is 13.1. The number of hydrogen-bond donors (Lipinski definition) is 2. The third-order valence-corrected chi connectivity index (χ3v) is 4.81. The number of thioether (sulfide) groups is 1. The predicted octanol–water partition coefficient (Wildman–Crippen LogP) is 4.48. The van der Waals surface area contributed by atoms with E-state index < -0.39 is 11.1 Å². The number of rotatable bonds is 5. The van der Waals surface area contributed by atoms with Gasteiger partial charge in [-0.15, -0.1) is 0 Å². The Morgan fingerprint density at radius 2 is 2.16 bits per heavy atom. The van der Waals surface area contributed by atoms with Crippen LogP contribution < -0.4 is 10.1 Å². The average Bonchev–Trinajstić information content (AvgIpc) is 2.98. The zero-order valence-corrected chi connectivity index (χ0v) is 15.0. The van der Waals surface area contributed by atoms with E-state index in [4.69, 9.17) is 16.3 Å². The molecule has 0 spiro atoms. The summed E-state index contributed by atoms with van der Waals surface area (Å²) in [5.74, 6) is 0.0177. The molecule has 0 radical (unpaired) electrons. The smallest absolute Gasteiger partial charge is 0.237 e. The summed E-state index contributed by atoms with van der Waals surface area (Å²) in [5.41, 5.74) is 1.99. The molecule has 25 heavy (non-hydrogen) atoms. The van der Waals surface area contributed by atoms with Crippen LogP contribution in [0.25, 0.3) is 11.0 Å². The minimum atomic E-state index is -0.455. The first-order valence-corrected chi connectivity index (χ1v) is 8.68. The summed E-state index contributed by atoms with van der Waals surface area (Å²) in [4.78, 5) is 19.9. The number of hydrogen-bond acceptors (Lipinski definition) is 4. The zero-order valence-electron chi connectivity index (χ0n) is 13.5. The molecule has 1 aromatic heterocycles. The van der Waals surface area contributed by atoms with Crippen LogP contribution in [0.2, 0.25) is 5.02 Å². The molecule has 2 N–H and O–H groups in total. The van der Waals surface area contributed by atoms with Crippen LogP contribution in [-0.2, 0) is 4.79 Å². The van der Waals surface area contributed by atoms with Crippen molar-refractivity contribution in [1.29, 1.82) is 0 Å². The minimum absolute atomic E-state index is 0.154. The molecule has 0 aliphatic carbocycles. The van der Waals surface area contributed by atoms with Gasteiger partial charge in [0, 0.05) is 6.07 Å². The van der Waals surface area contributed by atoms with Crippen molar-refractivity contribution < 1.29 is 13.9 Å². The second-order valence-corrected chi connectivity index (χ2v) is 7.04. The lowest BCUT2D eigenvalue weighted by Crippen LogP contribution is -2.22. The number of aromatic amines is 1. The van der Waals surface area contributed by atoms with Crippen LogP contribution in [-0.4, -0.2) is 28.2 Å². The van der Waals surface area contributed by atoms with E-state index in [9.17, 15) is 9.18 Å². The molecular formula is C17H15ClFN3O2S. The van der Waals surface area contributed by atoms with Crippen LogP contribution in [0.4, 0.5) is 10.1 Å². The summed E-state index contributed by atoms with van der Waals surface area (Å²) in [6.45, 7) is 1.76. The Morgan fingerprint density at radius 1 is 1.36 bits per heavy atom. The third-order valence-electron chi connectivity index (χ3n) is 3.51. The van der Waals surface area contributed by atoms with Gasteiger partial charge in [0.15, 0.2) is 5.16 Å². The number of ether oxygens (including phenoxy) is 1. The van der Waals surface area contributed by atoms with Crippen LogP contribution in [0.5, 0.6) is 5.75 Å². The largest absolute Gasteiger partial charge is 0.497 e. The summed E-state index contributed by atoms with van der Waals surface area (Å²) in [6, 6.07) is 9.34. The fourth-order valence-corrected chi connectivity index (χ4v) is 3.23. The molecule has 0 aliphatic heterocycles. The molecule has 1 heterocycles. The van der Waals surface area contributed by atoms with E-state index in [1.165, 1.54) is 23.9 Å². The van der Waals surface area contributed by atoms with Gasteiger partial charge in [-0.2, -0.15) is 0 Å². The summed E-state index contributed by atoms with van der Waals surface area (Å²) in [7, 11) is 1.60. The Bertz CT molecular complexity index is 931. The average molecular weight is 380 g/mol. The predicted molar refractivity (Wildman–Crippen MR) is 98.0 cm³/mol. The number of methoxy groups -OCH3 is 1. The Hall–Kier alpha value is -2.25. The molecule has 3 aromatic rings. The molecule has 8 heteroatoms. The lowest BCUT2D eigenvalue weighted by atomic mass is 10.3. The van der Waals surface area contributed by atoms with Crippen LogP contribution in [0.15, 0.2) is 41.6 Å². The number of nitrogens with zero attached hydrogens (tertiary/aromatic N) is 1. The molecule has 0 saturated carbocycles. The van der Waals surface area contributed by atoms with E-state index in [1.807, 2.05) is 18.2 Å². The molecule has 0 unspecified atom stereocenters. The molecular weight excluding hydrogens is 365 g/mol. The van der Waals surface area contributed by atoms with Crippen molar-refractivity contribution in [3.05, 3.63) is 47.2 Å². The first kappa shape index (κ1) is 17.6. The number of anilines is 1. The highest BCUT2D eigenvalue weighted by Crippen LogP contribution is 2.27. The van der Waals surface area contributed by atoms with Crippen molar-refractivity contribution in [3.8, 4) is 5.75 Å². The van der Waals surface area contributed by atoms with Crippen molar-refractivity contribution in [3.63, 3.8) is 0 Å². The first-order valence-electron chi connectivity index (χ1n) is 7.42. The molecule has 130 valence electrons. The molecule has 0 aliphatic rings. The molecule has 3 rings (SSSR count). The number of fused-ring (bicyclic) bond motifs is 1. The lowest BCUT2D eigenvalue weighted by molar-refractivity contribution is -0.115. The van der Waals surface area contributed by atoms with E-state index >= 15 is 0 Å². The van der Waals surface area contributed by atoms with E-state index in [0.717, 1.165) is 22.8 Å². The maximum Gasteiger partial charge on any atom is 0.237 e. The number of benzene rings is 2. The lowest BCUT2D eigenvalue weighted by Gasteiger charge is -2.11. The molecule has 1 atom stereocenters. The van der Waals surface area contributed by atoms with Crippen molar-refractivity contribution in [2.45, 2.75) is 17.3 Å². The van der Waals surface area contributed by atoms with Gasteiger partial charge < -0.3 is 15.0 Å². The first-order chi connectivity index (χ1) is 12.0. The van der Waals surface area contributed by atoms with Crippen molar-refractivity contribution >= 4 is 46.0 Å². The summed E-state index contributed by atoms with van der Waals surface area (Å²) in [5, 5.41) is 3.04. The van der Waals surface area contributed by atoms with Crippen molar-refractivity contribution in [2.24, 2.45) is 0 Å². The highest BCUT2D eigenvalue weighted by atomic mass is 35.5. The zero-order chi connectivity index (χ0) is 18.0. The normalized spacial score (nSPS) is 12.2. The number of imidazole rings is 1. The van der Waals surface area contributed by atoms with E-state index in [-0.39, 0.29) is 10.9 Å². The number of carbonyl (C=O) groups excluding carboxylic acids is 1. The van der Waals surface area contributed by atoms with Crippen LogP contribution >= 0.6 is 23.4 Å². The Labute approximate surface area is 152 Å². The summed E-state index contributed by atoms with van der Waals surface area (Å²) >= 11 is 7.21. The van der Waals surface area contributed by atoms with Gasteiger partial charge in [-0.05, 0) is 37.3 Å². The topological polar surface area (TPSA) is 67.0 Å². The monoisotopic (exact) mass is 379 g/mol. The Balaban J connectivity index is 1.70. The molecule has 1 amide bonds. The second kappa shape index (κ2) is 7.33. The minimum Gasteiger partial charge on any atom is -0.497 e. The number of carbonyl (C=O) groups is 1. The standard InChI is InChI=1S/C17H15ClFN3O2S/c1-9(16(23)20-13-5-3-10(19)7-12(13)18)25-17-21-14-6-4-11(24-2)8-15(14)22-17/h3-9H,1-2H3,(H,20,23)(H,21,22)/t9-/m0/s1. The highest BCUT2D eigenvalue weighted by molar-refractivity contribution is 8.00. The Kier molecular flexibility index (Phi) is 5.15. The van der Waals surface area contributed by atoms with Gasteiger partial charge in [0.05, 0.1) is 34.1 Å². The van der Waals surface area contributed by atoms with Gasteiger partial charge in [-0.3, -0.25) is 4.79 Å². The van der Waals surface area contributed by atoms with Crippen LogP contribution in [0, 0.1) is 5.82 Å². The number of nitrogens with one attached hydrogen (secondary N) is 2. The van der Waals surface area contributed by atoms with Gasteiger partial charge in [0.1, 0.15) is 11.6 Å². The fourth-order valence-electron chi connectivity index (χ4n) is 2.19. The third kappa shape index (κ3) is 4.05. The fraction of sp³-hybridized carbons (Fsp3) is 0.176. The van der Waals surface area contributed by atoms with Crippen molar-refractivity contribution in [1.82, 2.24) is 9.97 Å².